The number of benzene rings is 1. The number of halogens is 1. The average Bonchev–Trinajstić information content (AvgIpc) is 2.30. The molecule has 0 spiro atoms. The quantitative estimate of drug-likeness (QED) is 0.712. The Morgan fingerprint density at radius 1 is 1.18 bits per heavy atom. The zero-order chi connectivity index (χ0) is 12.3. The van der Waals surface area contributed by atoms with Gasteiger partial charge in [-0.3, -0.25) is 0 Å². The van der Waals surface area contributed by atoms with Crippen LogP contribution in [0.25, 0.3) is 0 Å². The van der Waals surface area contributed by atoms with E-state index in [1.54, 1.807) is 12.1 Å². The average molecular weight is 234 g/mol. The summed E-state index contributed by atoms with van der Waals surface area (Å²) in [5.41, 5.74) is 1.28. The third-order valence-electron chi connectivity index (χ3n) is 2.28. The maximum absolute atomic E-state index is 12.6. The van der Waals surface area contributed by atoms with Crippen LogP contribution in [0.2, 0.25) is 0 Å². The van der Waals surface area contributed by atoms with E-state index < -0.39 is 5.95 Å². The number of nitrogens with one attached hydrogen (secondary N) is 1. The van der Waals surface area contributed by atoms with Crippen molar-refractivity contribution in [1.82, 2.24) is 4.98 Å². The van der Waals surface area contributed by atoms with Gasteiger partial charge in [0, 0.05) is 18.2 Å². The minimum Gasteiger partial charge on any atom is -0.508 e. The second-order valence-electron chi connectivity index (χ2n) is 3.54. The van der Waals surface area contributed by atoms with Crippen LogP contribution in [0.15, 0.2) is 36.5 Å². The number of aromatic hydroxyl groups is 2. The first-order valence-electron chi connectivity index (χ1n) is 5.01. The number of hydrogen-bond acceptors (Lipinski definition) is 4. The molecular formula is C12H11FN2O2. The lowest BCUT2D eigenvalue weighted by Gasteiger charge is -2.07. The summed E-state index contributed by atoms with van der Waals surface area (Å²) >= 11 is 0. The van der Waals surface area contributed by atoms with Crippen LogP contribution in [0.4, 0.5) is 10.1 Å². The Balaban J connectivity index is 2.04. The van der Waals surface area contributed by atoms with Crippen molar-refractivity contribution in [3.8, 4) is 11.5 Å². The fourth-order valence-electron chi connectivity index (χ4n) is 1.38. The maximum atomic E-state index is 12.6. The molecule has 0 radical (unpaired) electrons. The van der Waals surface area contributed by atoms with Gasteiger partial charge in [0.2, 0.25) is 5.95 Å². The van der Waals surface area contributed by atoms with Gasteiger partial charge in [-0.15, -0.1) is 0 Å². The van der Waals surface area contributed by atoms with Crippen molar-refractivity contribution in [3.05, 3.63) is 48.0 Å². The van der Waals surface area contributed by atoms with Crippen LogP contribution in [0.3, 0.4) is 0 Å². The SMILES string of the molecule is Oc1ccc(CNc2ccc(F)nc2)c(O)c1. The van der Waals surface area contributed by atoms with Crippen molar-refractivity contribution >= 4 is 5.69 Å². The van der Waals surface area contributed by atoms with Crippen molar-refractivity contribution in [2.24, 2.45) is 0 Å². The van der Waals surface area contributed by atoms with Crippen molar-refractivity contribution in [2.75, 3.05) is 5.32 Å². The molecule has 4 nitrogen and oxygen atoms in total. The van der Waals surface area contributed by atoms with Gasteiger partial charge in [0.05, 0.1) is 11.9 Å². The highest BCUT2D eigenvalue weighted by Gasteiger charge is 2.02. The lowest BCUT2D eigenvalue weighted by molar-refractivity contribution is 0.446. The van der Waals surface area contributed by atoms with Gasteiger partial charge in [-0.05, 0) is 24.3 Å². The molecule has 88 valence electrons. The van der Waals surface area contributed by atoms with E-state index in [0.29, 0.717) is 17.8 Å². The van der Waals surface area contributed by atoms with Gasteiger partial charge in [0.25, 0.3) is 0 Å². The molecular weight excluding hydrogens is 223 g/mol. The molecule has 0 unspecified atom stereocenters. The van der Waals surface area contributed by atoms with Gasteiger partial charge < -0.3 is 15.5 Å². The first-order valence-corrected chi connectivity index (χ1v) is 5.01. The van der Waals surface area contributed by atoms with Gasteiger partial charge in [-0.1, -0.05) is 0 Å². The Hall–Kier alpha value is -2.30. The molecule has 0 aliphatic heterocycles. The van der Waals surface area contributed by atoms with Gasteiger partial charge >= 0.3 is 0 Å². The van der Waals surface area contributed by atoms with Crippen LogP contribution >= 0.6 is 0 Å². The number of rotatable bonds is 3. The highest BCUT2D eigenvalue weighted by atomic mass is 19.1. The minimum atomic E-state index is -0.539. The molecule has 0 atom stereocenters. The summed E-state index contributed by atoms with van der Waals surface area (Å²) in [5.74, 6) is -0.523. The van der Waals surface area contributed by atoms with Crippen molar-refractivity contribution in [2.45, 2.75) is 6.54 Å². The summed E-state index contributed by atoms with van der Waals surface area (Å²) in [6.07, 6.45) is 1.37. The topological polar surface area (TPSA) is 65.4 Å². The van der Waals surface area contributed by atoms with E-state index in [4.69, 9.17) is 5.11 Å². The largest absolute Gasteiger partial charge is 0.508 e. The Kier molecular flexibility index (Phi) is 3.09. The van der Waals surface area contributed by atoms with Crippen LogP contribution in [0, 0.1) is 5.95 Å². The molecule has 2 rings (SSSR count). The molecule has 0 bridgehead atoms. The zero-order valence-corrected chi connectivity index (χ0v) is 8.89. The third-order valence-corrected chi connectivity index (χ3v) is 2.28. The highest BCUT2D eigenvalue weighted by molar-refractivity contribution is 5.44. The monoisotopic (exact) mass is 234 g/mol. The molecule has 1 heterocycles. The lowest BCUT2D eigenvalue weighted by atomic mass is 10.2. The molecule has 0 aliphatic rings. The maximum Gasteiger partial charge on any atom is 0.212 e. The number of anilines is 1. The Morgan fingerprint density at radius 3 is 2.65 bits per heavy atom. The third kappa shape index (κ3) is 2.84. The van der Waals surface area contributed by atoms with Gasteiger partial charge in [0.15, 0.2) is 0 Å². The van der Waals surface area contributed by atoms with E-state index >= 15 is 0 Å². The molecule has 0 saturated heterocycles. The summed E-state index contributed by atoms with van der Waals surface area (Å²) < 4.78 is 12.6. The first kappa shape index (κ1) is 11.2. The van der Waals surface area contributed by atoms with Crippen molar-refractivity contribution in [1.29, 1.82) is 0 Å². The van der Waals surface area contributed by atoms with Crippen LogP contribution in [0.1, 0.15) is 5.56 Å². The number of hydrogen-bond donors (Lipinski definition) is 3. The fourth-order valence-corrected chi connectivity index (χ4v) is 1.38. The van der Waals surface area contributed by atoms with E-state index in [0.717, 1.165) is 0 Å². The summed E-state index contributed by atoms with van der Waals surface area (Å²) in [5, 5.41) is 21.6. The number of pyridine rings is 1. The normalized spacial score (nSPS) is 10.2. The molecule has 3 N–H and O–H groups in total. The second-order valence-corrected chi connectivity index (χ2v) is 3.54. The predicted molar refractivity (Wildman–Crippen MR) is 61.3 cm³/mol. The van der Waals surface area contributed by atoms with Crippen LogP contribution in [-0.2, 0) is 6.54 Å². The predicted octanol–water partition coefficient (Wildman–Crippen LogP) is 2.24. The number of phenolic OH excluding ortho intramolecular Hbond substituents is 2. The lowest BCUT2D eigenvalue weighted by Crippen LogP contribution is -2.00. The molecule has 0 fully saturated rings. The summed E-state index contributed by atoms with van der Waals surface area (Å²) in [6, 6.07) is 7.16. The van der Waals surface area contributed by atoms with E-state index in [1.807, 2.05) is 0 Å². The fraction of sp³-hybridized carbons (Fsp3) is 0.0833. The molecule has 0 aliphatic carbocycles. The standard InChI is InChI=1S/C12H11FN2O2/c13-12-4-2-9(7-15-12)14-6-8-1-3-10(16)5-11(8)17/h1-5,7,14,16-17H,6H2. The van der Waals surface area contributed by atoms with Gasteiger partial charge in [-0.25, -0.2) is 4.98 Å². The molecule has 5 heteroatoms. The van der Waals surface area contributed by atoms with Crippen molar-refractivity contribution < 1.29 is 14.6 Å². The van der Waals surface area contributed by atoms with E-state index in [1.165, 1.54) is 24.4 Å². The van der Waals surface area contributed by atoms with Crippen LogP contribution in [-0.4, -0.2) is 15.2 Å². The number of phenols is 2. The van der Waals surface area contributed by atoms with Crippen LogP contribution in [0.5, 0.6) is 11.5 Å². The minimum absolute atomic E-state index is 0.00701. The van der Waals surface area contributed by atoms with E-state index in [-0.39, 0.29) is 11.5 Å². The molecule has 0 amide bonds. The van der Waals surface area contributed by atoms with Gasteiger partial charge in [0.1, 0.15) is 11.5 Å². The Morgan fingerprint density at radius 2 is 2.00 bits per heavy atom. The van der Waals surface area contributed by atoms with E-state index in [2.05, 4.69) is 10.3 Å². The second kappa shape index (κ2) is 4.69. The van der Waals surface area contributed by atoms with Gasteiger partial charge in [-0.2, -0.15) is 4.39 Å². The Labute approximate surface area is 97.4 Å². The smallest absolute Gasteiger partial charge is 0.212 e. The molecule has 1 aromatic heterocycles. The molecule has 2 aromatic rings. The summed E-state index contributed by atoms with van der Waals surface area (Å²) in [6.45, 7) is 0.361. The molecule has 1 aromatic carbocycles. The summed E-state index contributed by atoms with van der Waals surface area (Å²) in [7, 11) is 0. The number of nitrogens with zero attached hydrogens (tertiary/aromatic N) is 1. The number of aromatic nitrogens is 1. The van der Waals surface area contributed by atoms with E-state index in [9.17, 15) is 9.50 Å². The molecule has 0 saturated carbocycles. The molecule has 17 heavy (non-hydrogen) atoms. The van der Waals surface area contributed by atoms with Crippen LogP contribution < -0.4 is 5.32 Å². The summed E-state index contributed by atoms with van der Waals surface area (Å²) in [4.78, 5) is 3.50. The van der Waals surface area contributed by atoms with Crippen molar-refractivity contribution in [3.63, 3.8) is 0 Å². The Bertz CT molecular complexity index is 514. The highest BCUT2D eigenvalue weighted by Crippen LogP contribution is 2.23. The first-order chi connectivity index (χ1) is 8.15. The zero-order valence-electron chi connectivity index (χ0n) is 8.89.